The lowest BCUT2D eigenvalue weighted by Crippen LogP contribution is -2.54. The quantitative estimate of drug-likeness (QED) is 0.694. The van der Waals surface area contributed by atoms with Gasteiger partial charge in [-0.3, -0.25) is 4.79 Å². The van der Waals surface area contributed by atoms with Gasteiger partial charge in [0.1, 0.15) is 0 Å². The van der Waals surface area contributed by atoms with Gasteiger partial charge in [-0.1, -0.05) is 28.1 Å². The van der Waals surface area contributed by atoms with E-state index in [0.717, 1.165) is 10.0 Å². The van der Waals surface area contributed by atoms with Crippen molar-refractivity contribution in [2.75, 3.05) is 39.6 Å². The molecule has 2 aliphatic rings. The number of rotatable bonds is 4. The van der Waals surface area contributed by atoms with Gasteiger partial charge < -0.3 is 9.64 Å². The van der Waals surface area contributed by atoms with Gasteiger partial charge >= 0.3 is 0 Å². The molecule has 2 fully saturated rings. The third-order valence-corrected chi connectivity index (χ3v) is 7.81. The Balaban J connectivity index is 1.77. The number of ether oxygens (including phenoxy) is 1. The normalized spacial score (nSPS) is 21.4. The molecular weight excluding hydrogens is 432 g/mol. The van der Waals surface area contributed by atoms with Gasteiger partial charge in [0.15, 0.2) is 0 Å². The van der Waals surface area contributed by atoms with Gasteiger partial charge in [-0.25, -0.2) is 12.7 Å². The van der Waals surface area contributed by atoms with Gasteiger partial charge in [-0.05, 0) is 43.4 Å². The minimum atomic E-state index is -3.21. The maximum atomic E-state index is 13.6. The maximum Gasteiger partial charge on any atom is 0.233 e. The summed E-state index contributed by atoms with van der Waals surface area (Å²) in [6.07, 6.45) is 3.92. The van der Waals surface area contributed by atoms with E-state index in [4.69, 9.17) is 4.74 Å². The first-order chi connectivity index (χ1) is 12.7. The summed E-state index contributed by atoms with van der Waals surface area (Å²) >= 11 is 3.46. The molecule has 8 heteroatoms. The molecule has 150 valence electrons. The van der Waals surface area contributed by atoms with Crippen LogP contribution in [0.1, 0.15) is 31.2 Å². The zero-order valence-electron chi connectivity index (χ0n) is 15.9. The number of carbonyl (C=O) groups is 1. The largest absolute Gasteiger partial charge is 0.381 e. The highest BCUT2D eigenvalue weighted by Gasteiger charge is 2.45. The predicted octanol–water partition coefficient (Wildman–Crippen LogP) is 2.38. The number of amides is 1. The van der Waals surface area contributed by atoms with E-state index in [1.54, 1.807) is 7.05 Å². The molecule has 1 aromatic carbocycles. The molecule has 0 aliphatic carbocycles. The first-order valence-corrected chi connectivity index (χ1v) is 11.9. The van der Waals surface area contributed by atoms with Crippen molar-refractivity contribution in [3.8, 4) is 0 Å². The molecule has 1 amide bonds. The zero-order chi connectivity index (χ0) is 19.7. The Morgan fingerprint density at radius 3 is 2.26 bits per heavy atom. The van der Waals surface area contributed by atoms with E-state index in [-0.39, 0.29) is 11.9 Å². The summed E-state index contributed by atoms with van der Waals surface area (Å²) in [6, 6.07) is 7.97. The van der Waals surface area contributed by atoms with Gasteiger partial charge in [0.25, 0.3) is 0 Å². The van der Waals surface area contributed by atoms with Crippen molar-refractivity contribution in [2.45, 2.75) is 37.1 Å². The molecule has 0 bridgehead atoms. The highest BCUT2D eigenvalue weighted by atomic mass is 79.9. The van der Waals surface area contributed by atoms with E-state index in [0.29, 0.717) is 52.0 Å². The molecule has 0 atom stereocenters. The first kappa shape index (κ1) is 20.8. The van der Waals surface area contributed by atoms with Crippen LogP contribution in [0.3, 0.4) is 0 Å². The Kier molecular flexibility index (Phi) is 6.30. The van der Waals surface area contributed by atoms with E-state index in [1.165, 1.54) is 10.6 Å². The van der Waals surface area contributed by atoms with Crippen molar-refractivity contribution in [1.82, 2.24) is 9.21 Å². The summed E-state index contributed by atoms with van der Waals surface area (Å²) < 4.78 is 31.5. The summed E-state index contributed by atoms with van der Waals surface area (Å²) in [5, 5.41) is 0. The molecule has 0 N–H and O–H groups in total. The SMILES string of the molecule is CN(C1CCN(C(=O)C2(c3ccc(Br)cc3)CCOCC2)CC1)S(C)(=O)=O. The number of piperidine rings is 1. The predicted molar refractivity (Wildman–Crippen MR) is 108 cm³/mol. The van der Waals surface area contributed by atoms with Crippen molar-refractivity contribution in [2.24, 2.45) is 0 Å². The van der Waals surface area contributed by atoms with Gasteiger partial charge in [0, 0.05) is 43.9 Å². The second-order valence-electron chi connectivity index (χ2n) is 7.50. The van der Waals surface area contributed by atoms with Crippen LogP contribution in [0.2, 0.25) is 0 Å². The molecule has 0 unspecified atom stereocenters. The zero-order valence-corrected chi connectivity index (χ0v) is 18.3. The van der Waals surface area contributed by atoms with Crippen LogP contribution in [0.25, 0.3) is 0 Å². The van der Waals surface area contributed by atoms with Gasteiger partial charge in [-0.15, -0.1) is 0 Å². The molecule has 27 heavy (non-hydrogen) atoms. The Hall–Kier alpha value is -0.960. The number of nitrogens with zero attached hydrogens (tertiary/aromatic N) is 2. The highest BCUT2D eigenvalue weighted by Crippen LogP contribution is 2.38. The minimum Gasteiger partial charge on any atom is -0.381 e. The van der Waals surface area contributed by atoms with Gasteiger partial charge in [0.2, 0.25) is 15.9 Å². The van der Waals surface area contributed by atoms with Crippen molar-refractivity contribution >= 4 is 31.9 Å². The van der Waals surface area contributed by atoms with Crippen LogP contribution in [0.15, 0.2) is 28.7 Å². The summed E-state index contributed by atoms with van der Waals surface area (Å²) in [7, 11) is -1.59. The third-order valence-electron chi connectivity index (χ3n) is 5.94. The van der Waals surface area contributed by atoms with E-state index >= 15 is 0 Å². The number of carbonyl (C=O) groups excluding carboxylic acids is 1. The van der Waals surface area contributed by atoms with Crippen LogP contribution < -0.4 is 0 Å². The Morgan fingerprint density at radius 2 is 1.74 bits per heavy atom. The molecule has 2 saturated heterocycles. The van der Waals surface area contributed by atoms with Crippen molar-refractivity contribution in [1.29, 1.82) is 0 Å². The molecule has 0 saturated carbocycles. The van der Waals surface area contributed by atoms with Crippen LogP contribution in [0, 0.1) is 0 Å². The number of hydrogen-bond acceptors (Lipinski definition) is 4. The first-order valence-electron chi connectivity index (χ1n) is 9.30. The van der Waals surface area contributed by atoms with Gasteiger partial charge in [-0.2, -0.15) is 0 Å². The number of halogens is 1. The van der Waals surface area contributed by atoms with Crippen molar-refractivity contribution in [3.63, 3.8) is 0 Å². The smallest absolute Gasteiger partial charge is 0.233 e. The highest BCUT2D eigenvalue weighted by molar-refractivity contribution is 9.10. The van der Waals surface area contributed by atoms with E-state index in [1.807, 2.05) is 29.2 Å². The molecule has 0 radical (unpaired) electrons. The van der Waals surface area contributed by atoms with E-state index in [9.17, 15) is 13.2 Å². The lowest BCUT2D eigenvalue weighted by atomic mass is 9.72. The summed E-state index contributed by atoms with van der Waals surface area (Å²) in [4.78, 5) is 15.5. The Morgan fingerprint density at radius 1 is 1.19 bits per heavy atom. The van der Waals surface area contributed by atoms with E-state index < -0.39 is 15.4 Å². The fourth-order valence-corrected chi connectivity index (χ4v) is 5.14. The van der Waals surface area contributed by atoms with Crippen LogP contribution in [0.5, 0.6) is 0 Å². The second-order valence-corrected chi connectivity index (χ2v) is 10.5. The fraction of sp³-hybridized carbons (Fsp3) is 0.632. The second kappa shape index (κ2) is 8.19. The summed E-state index contributed by atoms with van der Waals surface area (Å²) in [6.45, 7) is 2.33. The maximum absolute atomic E-state index is 13.6. The van der Waals surface area contributed by atoms with E-state index in [2.05, 4.69) is 15.9 Å². The lowest BCUT2D eigenvalue weighted by Gasteiger charge is -2.43. The molecule has 1 aromatic rings. The molecule has 2 aliphatic heterocycles. The lowest BCUT2D eigenvalue weighted by molar-refractivity contribution is -0.142. The number of benzene rings is 1. The minimum absolute atomic E-state index is 0.0395. The van der Waals surface area contributed by atoms with Gasteiger partial charge in [0.05, 0.1) is 11.7 Å². The fourth-order valence-electron chi connectivity index (χ4n) is 4.12. The monoisotopic (exact) mass is 458 g/mol. The molecule has 0 spiro atoms. The van der Waals surface area contributed by atoms with Crippen LogP contribution in [0.4, 0.5) is 0 Å². The Labute approximate surface area is 170 Å². The molecule has 2 heterocycles. The van der Waals surface area contributed by atoms with Crippen LogP contribution in [-0.2, 0) is 25.0 Å². The average Bonchev–Trinajstić information content (AvgIpc) is 2.67. The molecular formula is C19H27BrN2O4S. The average molecular weight is 459 g/mol. The molecule has 0 aromatic heterocycles. The van der Waals surface area contributed by atoms with Crippen molar-refractivity contribution in [3.05, 3.63) is 34.3 Å². The van der Waals surface area contributed by atoms with Crippen molar-refractivity contribution < 1.29 is 17.9 Å². The molecule has 6 nitrogen and oxygen atoms in total. The Bertz CT molecular complexity index is 767. The number of sulfonamides is 1. The third kappa shape index (κ3) is 4.39. The number of likely N-dealkylation sites (tertiary alicyclic amines) is 1. The summed E-state index contributed by atoms with van der Waals surface area (Å²) in [5.41, 5.74) is 0.489. The van der Waals surface area contributed by atoms with Crippen LogP contribution >= 0.6 is 15.9 Å². The standard InChI is InChI=1S/C19H27BrN2O4S/c1-21(27(2,24)25)17-7-11-22(12-8-17)18(23)19(9-13-26-14-10-19)15-3-5-16(20)6-4-15/h3-6,17H,7-14H2,1-2H3. The molecule has 3 rings (SSSR count). The number of hydrogen-bond donors (Lipinski definition) is 0. The summed E-state index contributed by atoms with van der Waals surface area (Å²) in [5.74, 6) is 0.147. The van der Waals surface area contributed by atoms with Crippen LogP contribution in [-0.4, -0.2) is 69.2 Å². The topological polar surface area (TPSA) is 66.9 Å².